The molecule has 1 aromatic carbocycles. The standard InChI is InChI=1S/C10H9ClN2O/c1-13-6-12-9-5-7(2-3-14)4-8(11)10(9)13/h3-6H,2H2,1H3. The van der Waals surface area contributed by atoms with Gasteiger partial charge in [-0.1, -0.05) is 11.6 Å². The Morgan fingerprint density at radius 2 is 2.36 bits per heavy atom. The zero-order chi connectivity index (χ0) is 10.1. The van der Waals surface area contributed by atoms with Crippen LogP contribution in [-0.4, -0.2) is 15.8 Å². The van der Waals surface area contributed by atoms with E-state index in [9.17, 15) is 4.79 Å². The number of imidazole rings is 1. The molecule has 1 heterocycles. The summed E-state index contributed by atoms with van der Waals surface area (Å²) in [4.78, 5) is 14.5. The maximum absolute atomic E-state index is 10.4. The number of aldehydes is 1. The van der Waals surface area contributed by atoms with Crippen LogP contribution in [0.2, 0.25) is 5.02 Å². The van der Waals surface area contributed by atoms with Gasteiger partial charge in [0.2, 0.25) is 0 Å². The van der Waals surface area contributed by atoms with Crippen LogP contribution in [-0.2, 0) is 18.3 Å². The molecule has 0 radical (unpaired) electrons. The number of aromatic nitrogens is 2. The molecular formula is C10H9ClN2O. The van der Waals surface area contributed by atoms with E-state index in [4.69, 9.17) is 11.6 Å². The van der Waals surface area contributed by atoms with Crippen molar-refractivity contribution < 1.29 is 4.79 Å². The van der Waals surface area contributed by atoms with Gasteiger partial charge in [0.15, 0.2) is 0 Å². The van der Waals surface area contributed by atoms with Gasteiger partial charge in [-0.15, -0.1) is 0 Å². The minimum atomic E-state index is 0.381. The summed E-state index contributed by atoms with van der Waals surface area (Å²) in [6, 6.07) is 3.69. The van der Waals surface area contributed by atoms with Crippen molar-refractivity contribution in [1.82, 2.24) is 9.55 Å². The van der Waals surface area contributed by atoms with Crippen molar-refractivity contribution >= 4 is 28.9 Å². The van der Waals surface area contributed by atoms with Crippen molar-refractivity contribution in [3.05, 3.63) is 29.0 Å². The van der Waals surface area contributed by atoms with Gasteiger partial charge in [0, 0.05) is 13.5 Å². The van der Waals surface area contributed by atoms with Crippen LogP contribution in [0.5, 0.6) is 0 Å². The van der Waals surface area contributed by atoms with Crippen LogP contribution in [0.25, 0.3) is 11.0 Å². The molecule has 2 aromatic rings. The van der Waals surface area contributed by atoms with Crippen molar-refractivity contribution in [1.29, 1.82) is 0 Å². The zero-order valence-corrected chi connectivity index (χ0v) is 8.45. The van der Waals surface area contributed by atoms with E-state index in [0.717, 1.165) is 22.9 Å². The molecule has 0 atom stereocenters. The molecule has 2 rings (SSSR count). The second-order valence-corrected chi connectivity index (χ2v) is 3.58. The van der Waals surface area contributed by atoms with Crippen molar-refractivity contribution in [2.45, 2.75) is 6.42 Å². The average Bonchev–Trinajstić information content (AvgIpc) is 2.48. The normalized spacial score (nSPS) is 10.7. The lowest BCUT2D eigenvalue weighted by atomic mass is 10.1. The molecule has 0 saturated carbocycles. The monoisotopic (exact) mass is 208 g/mol. The fraction of sp³-hybridized carbons (Fsp3) is 0.200. The van der Waals surface area contributed by atoms with E-state index in [2.05, 4.69) is 4.98 Å². The number of halogens is 1. The molecule has 0 spiro atoms. The van der Waals surface area contributed by atoms with Gasteiger partial charge < -0.3 is 9.36 Å². The van der Waals surface area contributed by atoms with Gasteiger partial charge in [0.05, 0.1) is 22.4 Å². The Morgan fingerprint density at radius 3 is 3.07 bits per heavy atom. The lowest BCUT2D eigenvalue weighted by Crippen LogP contribution is -1.89. The molecule has 14 heavy (non-hydrogen) atoms. The molecule has 0 aliphatic carbocycles. The molecule has 3 nitrogen and oxygen atoms in total. The Morgan fingerprint density at radius 1 is 1.57 bits per heavy atom. The molecule has 0 aliphatic heterocycles. The number of hydrogen-bond acceptors (Lipinski definition) is 2. The smallest absolute Gasteiger partial charge is 0.124 e. The molecule has 72 valence electrons. The summed E-state index contributed by atoms with van der Waals surface area (Å²) in [6.07, 6.45) is 2.95. The number of carbonyl (C=O) groups is 1. The van der Waals surface area contributed by atoms with Crippen molar-refractivity contribution in [2.24, 2.45) is 7.05 Å². The van der Waals surface area contributed by atoms with Gasteiger partial charge >= 0.3 is 0 Å². The molecule has 4 heteroatoms. The number of fused-ring (bicyclic) bond motifs is 1. The topological polar surface area (TPSA) is 34.9 Å². The van der Waals surface area contributed by atoms with E-state index < -0.39 is 0 Å². The van der Waals surface area contributed by atoms with E-state index >= 15 is 0 Å². The number of rotatable bonds is 2. The Bertz CT molecular complexity index is 490. The Balaban J connectivity index is 2.67. The highest BCUT2D eigenvalue weighted by atomic mass is 35.5. The molecule has 0 fully saturated rings. The van der Waals surface area contributed by atoms with Gasteiger partial charge in [0.25, 0.3) is 0 Å². The molecule has 0 saturated heterocycles. The van der Waals surface area contributed by atoms with Gasteiger partial charge in [-0.05, 0) is 17.7 Å². The summed E-state index contributed by atoms with van der Waals surface area (Å²) < 4.78 is 1.86. The summed E-state index contributed by atoms with van der Waals surface area (Å²) in [5.41, 5.74) is 2.63. The number of aryl methyl sites for hydroxylation is 1. The van der Waals surface area contributed by atoms with Gasteiger partial charge in [0.1, 0.15) is 6.29 Å². The van der Waals surface area contributed by atoms with Gasteiger partial charge in [-0.25, -0.2) is 4.98 Å². The second-order valence-electron chi connectivity index (χ2n) is 3.17. The highest BCUT2D eigenvalue weighted by molar-refractivity contribution is 6.35. The number of benzene rings is 1. The van der Waals surface area contributed by atoms with Crippen molar-refractivity contribution in [2.75, 3.05) is 0 Å². The summed E-state index contributed by atoms with van der Waals surface area (Å²) in [6.45, 7) is 0. The van der Waals surface area contributed by atoms with Crippen LogP contribution in [0.4, 0.5) is 0 Å². The second kappa shape index (κ2) is 3.42. The maximum Gasteiger partial charge on any atom is 0.124 e. The predicted molar refractivity (Wildman–Crippen MR) is 55.5 cm³/mol. The first-order chi connectivity index (χ1) is 6.72. The molecule has 0 N–H and O–H groups in total. The third kappa shape index (κ3) is 1.40. The van der Waals surface area contributed by atoms with E-state index in [0.29, 0.717) is 11.4 Å². The highest BCUT2D eigenvalue weighted by Gasteiger charge is 2.06. The van der Waals surface area contributed by atoms with Crippen LogP contribution < -0.4 is 0 Å². The fourth-order valence-electron chi connectivity index (χ4n) is 1.51. The fourth-order valence-corrected chi connectivity index (χ4v) is 1.88. The third-order valence-electron chi connectivity index (χ3n) is 2.14. The minimum absolute atomic E-state index is 0.381. The third-order valence-corrected chi connectivity index (χ3v) is 2.43. The van der Waals surface area contributed by atoms with E-state index in [1.54, 1.807) is 12.4 Å². The van der Waals surface area contributed by atoms with Crippen LogP contribution in [0.3, 0.4) is 0 Å². The number of nitrogens with zero attached hydrogens (tertiary/aromatic N) is 2. The van der Waals surface area contributed by atoms with Gasteiger partial charge in [-0.2, -0.15) is 0 Å². The SMILES string of the molecule is Cn1cnc2cc(CC=O)cc(Cl)c21. The van der Waals surface area contributed by atoms with Crippen molar-refractivity contribution in [3.63, 3.8) is 0 Å². The summed E-state index contributed by atoms with van der Waals surface area (Å²) in [5.74, 6) is 0. The first-order valence-electron chi connectivity index (χ1n) is 4.25. The summed E-state index contributed by atoms with van der Waals surface area (Å²) >= 11 is 6.07. The van der Waals surface area contributed by atoms with Crippen LogP contribution in [0, 0.1) is 0 Å². The van der Waals surface area contributed by atoms with Gasteiger partial charge in [-0.3, -0.25) is 0 Å². The predicted octanol–water partition coefficient (Wildman–Crippen LogP) is 1.97. The number of hydrogen-bond donors (Lipinski definition) is 0. The molecule has 0 aliphatic rings. The minimum Gasteiger partial charge on any atom is -0.333 e. The molecular weight excluding hydrogens is 200 g/mol. The average molecular weight is 209 g/mol. The highest BCUT2D eigenvalue weighted by Crippen LogP contribution is 2.24. The quantitative estimate of drug-likeness (QED) is 0.708. The number of carbonyl (C=O) groups excluding carboxylic acids is 1. The lowest BCUT2D eigenvalue weighted by Gasteiger charge is -2.00. The zero-order valence-electron chi connectivity index (χ0n) is 7.70. The first kappa shape index (κ1) is 9.21. The van der Waals surface area contributed by atoms with E-state index in [-0.39, 0.29) is 0 Å². The summed E-state index contributed by atoms with van der Waals surface area (Å²) in [5, 5.41) is 0.638. The van der Waals surface area contributed by atoms with Crippen LogP contribution >= 0.6 is 11.6 Å². The summed E-state index contributed by atoms with van der Waals surface area (Å²) in [7, 11) is 1.89. The van der Waals surface area contributed by atoms with Crippen LogP contribution in [0.1, 0.15) is 5.56 Å². The molecule has 0 bridgehead atoms. The molecule has 1 aromatic heterocycles. The lowest BCUT2D eigenvalue weighted by molar-refractivity contribution is -0.107. The van der Waals surface area contributed by atoms with E-state index in [1.165, 1.54) is 0 Å². The van der Waals surface area contributed by atoms with Crippen LogP contribution in [0.15, 0.2) is 18.5 Å². The maximum atomic E-state index is 10.4. The molecule has 0 amide bonds. The Hall–Kier alpha value is -1.35. The first-order valence-corrected chi connectivity index (χ1v) is 4.63. The van der Waals surface area contributed by atoms with E-state index in [1.807, 2.05) is 17.7 Å². The van der Waals surface area contributed by atoms with Crippen molar-refractivity contribution in [3.8, 4) is 0 Å². The Kier molecular flexibility index (Phi) is 2.25. The molecule has 0 unspecified atom stereocenters. The Labute approximate surface area is 86.3 Å². The largest absolute Gasteiger partial charge is 0.333 e.